The van der Waals surface area contributed by atoms with Crippen molar-refractivity contribution in [1.82, 2.24) is 0 Å². The van der Waals surface area contributed by atoms with Crippen LogP contribution in [0.1, 0.15) is 18.4 Å². The summed E-state index contributed by atoms with van der Waals surface area (Å²) in [5.74, 6) is -0.356. The van der Waals surface area contributed by atoms with Gasteiger partial charge in [0, 0.05) is 5.33 Å². The highest BCUT2D eigenvalue weighted by Crippen LogP contribution is 2.15. The normalized spacial score (nSPS) is 12.1. The van der Waals surface area contributed by atoms with Crippen LogP contribution in [0, 0.1) is 0 Å². The van der Waals surface area contributed by atoms with Crippen molar-refractivity contribution in [2.24, 2.45) is 0 Å². The van der Waals surface area contributed by atoms with Crippen LogP contribution in [0.5, 0.6) is 0 Å². The Morgan fingerprint density at radius 3 is 2.64 bits per heavy atom. The highest BCUT2D eigenvalue weighted by Gasteiger charge is 2.15. The lowest BCUT2D eigenvalue weighted by atomic mass is 10.0. The summed E-state index contributed by atoms with van der Waals surface area (Å²) in [5.41, 5.74) is 0.993. The van der Waals surface area contributed by atoms with Crippen LogP contribution in [0.3, 0.4) is 0 Å². The monoisotopic (exact) mass is 256 g/mol. The number of alkyl halides is 1. The molecule has 76 valence electrons. The van der Waals surface area contributed by atoms with Gasteiger partial charge in [-0.2, -0.15) is 0 Å². The Morgan fingerprint density at radius 2 is 2.07 bits per heavy atom. The molecule has 0 aliphatic carbocycles. The van der Waals surface area contributed by atoms with Gasteiger partial charge in [-0.3, -0.25) is 4.79 Å². The molecule has 1 aromatic rings. The van der Waals surface area contributed by atoms with Crippen molar-refractivity contribution < 1.29 is 9.53 Å². The molecule has 0 unspecified atom stereocenters. The molecule has 14 heavy (non-hydrogen) atoms. The molecule has 0 bridgehead atoms. The number of benzene rings is 1. The van der Waals surface area contributed by atoms with Crippen molar-refractivity contribution in [3.05, 3.63) is 35.9 Å². The quantitative estimate of drug-likeness (QED) is 0.612. The number of esters is 1. The number of hydrogen-bond acceptors (Lipinski definition) is 2. The Kier molecular flexibility index (Phi) is 4.66. The maximum Gasteiger partial charge on any atom is 0.313 e. The van der Waals surface area contributed by atoms with Gasteiger partial charge >= 0.3 is 5.97 Å². The minimum atomic E-state index is -0.185. The first-order valence-electron chi connectivity index (χ1n) is 4.53. The van der Waals surface area contributed by atoms with Crippen LogP contribution in [-0.2, 0) is 9.53 Å². The first-order chi connectivity index (χ1) is 6.75. The maximum absolute atomic E-state index is 11.5. The van der Waals surface area contributed by atoms with E-state index in [1.807, 2.05) is 37.3 Å². The topological polar surface area (TPSA) is 26.3 Å². The molecule has 0 radical (unpaired) electrons. The van der Waals surface area contributed by atoms with Crippen LogP contribution < -0.4 is 0 Å². The number of carbonyl (C=O) groups is 1. The van der Waals surface area contributed by atoms with Crippen molar-refractivity contribution in [2.45, 2.75) is 12.8 Å². The Morgan fingerprint density at radius 1 is 1.43 bits per heavy atom. The lowest BCUT2D eigenvalue weighted by Gasteiger charge is -2.10. The molecule has 0 heterocycles. The standard InChI is InChI=1S/C11H13BrO2/c1-9(11(13)14-8-7-12)10-5-3-2-4-6-10/h2-6,9H,7-8H2,1H3/t9-/m0/s1. The molecule has 0 N–H and O–H groups in total. The fourth-order valence-corrected chi connectivity index (χ4v) is 1.30. The number of rotatable bonds is 4. The zero-order valence-electron chi connectivity index (χ0n) is 8.07. The van der Waals surface area contributed by atoms with Gasteiger partial charge in [-0.15, -0.1) is 0 Å². The molecule has 2 nitrogen and oxygen atoms in total. The van der Waals surface area contributed by atoms with Gasteiger partial charge in [0.2, 0.25) is 0 Å². The lowest BCUT2D eigenvalue weighted by Crippen LogP contribution is -2.14. The van der Waals surface area contributed by atoms with E-state index in [1.54, 1.807) is 0 Å². The third-order valence-electron chi connectivity index (χ3n) is 1.97. The van der Waals surface area contributed by atoms with E-state index < -0.39 is 0 Å². The van der Waals surface area contributed by atoms with Crippen molar-refractivity contribution in [3.8, 4) is 0 Å². The van der Waals surface area contributed by atoms with Gasteiger partial charge in [0.15, 0.2) is 0 Å². The molecule has 0 amide bonds. The number of hydrogen-bond donors (Lipinski definition) is 0. The summed E-state index contributed by atoms with van der Waals surface area (Å²) in [5, 5.41) is 0.681. The van der Waals surface area contributed by atoms with Crippen molar-refractivity contribution >= 4 is 21.9 Å². The molecule has 1 rings (SSSR count). The molecular formula is C11H13BrO2. The fourth-order valence-electron chi connectivity index (χ4n) is 1.14. The van der Waals surface area contributed by atoms with Crippen LogP contribution in [0.15, 0.2) is 30.3 Å². The predicted molar refractivity (Wildman–Crippen MR) is 59.6 cm³/mol. The zero-order chi connectivity index (χ0) is 10.4. The van der Waals surface area contributed by atoms with Crippen LogP contribution >= 0.6 is 15.9 Å². The van der Waals surface area contributed by atoms with E-state index in [0.29, 0.717) is 11.9 Å². The van der Waals surface area contributed by atoms with Gasteiger partial charge in [0.25, 0.3) is 0 Å². The smallest absolute Gasteiger partial charge is 0.313 e. The van der Waals surface area contributed by atoms with Crippen LogP contribution in [0.4, 0.5) is 0 Å². The van der Waals surface area contributed by atoms with E-state index in [4.69, 9.17) is 4.74 Å². The third kappa shape index (κ3) is 3.14. The molecule has 0 saturated carbocycles. The first-order valence-corrected chi connectivity index (χ1v) is 5.65. The second-order valence-electron chi connectivity index (χ2n) is 2.99. The minimum absolute atomic E-state index is 0.171. The summed E-state index contributed by atoms with van der Waals surface area (Å²) in [6.07, 6.45) is 0. The summed E-state index contributed by atoms with van der Waals surface area (Å²) < 4.78 is 5.02. The Hall–Kier alpha value is -0.830. The van der Waals surface area contributed by atoms with Gasteiger partial charge in [0.1, 0.15) is 6.61 Å². The van der Waals surface area contributed by atoms with Crippen LogP contribution in [0.25, 0.3) is 0 Å². The molecule has 0 fully saturated rings. The second-order valence-corrected chi connectivity index (χ2v) is 3.78. The van der Waals surface area contributed by atoms with Gasteiger partial charge < -0.3 is 4.74 Å². The third-order valence-corrected chi connectivity index (χ3v) is 2.30. The molecule has 0 aliphatic heterocycles. The van der Waals surface area contributed by atoms with Gasteiger partial charge in [-0.25, -0.2) is 0 Å². The van der Waals surface area contributed by atoms with Gasteiger partial charge in [-0.1, -0.05) is 46.3 Å². The van der Waals surface area contributed by atoms with E-state index >= 15 is 0 Å². The summed E-state index contributed by atoms with van der Waals surface area (Å²) in [6, 6.07) is 9.63. The second kappa shape index (κ2) is 5.81. The van der Waals surface area contributed by atoms with E-state index in [0.717, 1.165) is 5.56 Å². The SMILES string of the molecule is C[C@H](C(=O)OCCBr)c1ccccc1. The Bertz CT molecular complexity index is 285. The lowest BCUT2D eigenvalue weighted by molar-refractivity contribution is -0.144. The Labute approximate surface area is 92.4 Å². The molecule has 3 heteroatoms. The largest absolute Gasteiger partial charge is 0.464 e. The highest BCUT2D eigenvalue weighted by atomic mass is 79.9. The number of carbonyl (C=O) groups excluding carboxylic acids is 1. The zero-order valence-corrected chi connectivity index (χ0v) is 9.66. The van der Waals surface area contributed by atoms with E-state index in [9.17, 15) is 4.79 Å². The van der Waals surface area contributed by atoms with Crippen LogP contribution in [-0.4, -0.2) is 17.9 Å². The minimum Gasteiger partial charge on any atom is -0.464 e. The molecule has 0 aliphatic rings. The fraction of sp³-hybridized carbons (Fsp3) is 0.364. The van der Waals surface area contributed by atoms with E-state index in [2.05, 4.69) is 15.9 Å². The van der Waals surface area contributed by atoms with Crippen molar-refractivity contribution in [3.63, 3.8) is 0 Å². The summed E-state index contributed by atoms with van der Waals surface area (Å²) in [6.45, 7) is 2.28. The Balaban J connectivity index is 2.57. The summed E-state index contributed by atoms with van der Waals surface area (Å²) in [7, 11) is 0. The average molecular weight is 257 g/mol. The predicted octanol–water partition coefficient (Wildman–Crippen LogP) is 2.73. The van der Waals surface area contributed by atoms with E-state index in [-0.39, 0.29) is 11.9 Å². The molecule has 1 aromatic carbocycles. The van der Waals surface area contributed by atoms with E-state index in [1.165, 1.54) is 0 Å². The summed E-state index contributed by atoms with van der Waals surface area (Å²) >= 11 is 3.21. The molecule has 0 aromatic heterocycles. The maximum atomic E-state index is 11.5. The number of halogens is 1. The molecular weight excluding hydrogens is 244 g/mol. The van der Waals surface area contributed by atoms with Crippen molar-refractivity contribution in [1.29, 1.82) is 0 Å². The highest BCUT2D eigenvalue weighted by molar-refractivity contribution is 9.09. The van der Waals surface area contributed by atoms with Crippen LogP contribution in [0.2, 0.25) is 0 Å². The summed E-state index contributed by atoms with van der Waals surface area (Å²) in [4.78, 5) is 11.5. The average Bonchev–Trinajstić information content (AvgIpc) is 2.26. The van der Waals surface area contributed by atoms with Crippen molar-refractivity contribution in [2.75, 3.05) is 11.9 Å². The molecule has 0 saturated heterocycles. The van der Waals surface area contributed by atoms with Gasteiger partial charge in [-0.05, 0) is 12.5 Å². The molecule has 1 atom stereocenters. The number of ether oxygens (including phenoxy) is 1. The molecule has 0 spiro atoms. The van der Waals surface area contributed by atoms with Gasteiger partial charge in [0.05, 0.1) is 5.92 Å². The first kappa shape index (κ1) is 11.2.